The smallest absolute Gasteiger partial charge is 0.310 e. The number of methoxy groups -OCH3 is 1. The van der Waals surface area contributed by atoms with Crippen molar-refractivity contribution in [3.05, 3.63) is 0 Å². The summed E-state index contributed by atoms with van der Waals surface area (Å²) in [4.78, 5) is 24.6. The lowest BCUT2D eigenvalue weighted by atomic mass is 10.0. The van der Waals surface area contributed by atoms with Crippen molar-refractivity contribution in [2.75, 3.05) is 20.7 Å². The predicted octanol–water partition coefficient (Wildman–Crippen LogP) is 0.627. The van der Waals surface area contributed by atoms with Crippen molar-refractivity contribution < 1.29 is 14.3 Å². The van der Waals surface area contributed by atoms with Gasteiger partial charge in [-0.2, -0.15) is 0 Å². The van der Waals surface area contributed by atoms with Gasteiger partial charge in [-0.15, -0.1) is 0 Å². The molecule has 0 aromatic rings. The van der Waals surface area contributed by atoms with E-state index in [-0.39, 0.29) is 17.8 Å². The highest BCUT2D eigenvalue weighted by Gasteiger charge is 2.23. The van der Waals surface area contributed by atoms with Crippen LogP contribution in [0.15, 0.2) is 0 Å². The highest BCUT2D eigenvalue weighted by Crippen LogP contribution is 2.07. The number of likely N-dealkylation sites (N-methyl/N-ethyl adjacent to an activating group) is 1. The normalized spacial score (nSPS) is 14.3. The zero-order chi connectivity index (χ0) is 13.6. The van der Waals surface area contributed by atoms with E-state index in [1.807, 2.05) is 13.8 Å². The van der Waals surface area contributed by atoms with Gasteiger partial charge in [-0.25, -0.2) is 0 Å². The number of rotatable bonds is 6. The van der Waals surface area contributed by atoms with Gasteiger partial charge in [0, 0.05) is 13.6 Å². The number of esters is 1. The molecule has 0 rings (SSSR count). The molecule has 0 bridgehead atoms. The van der Waals surface area contributed by atoms with Crippen LogP contribution in [0.1, 0.15) is 27.2 Å². The minimum absolute atomic E-state index is 0.130. The Bertz CT molecular complexity index is 266. The van der Waals surface area contributed by atoms with Crippen molar-refractivity contribution in [3.8, 4) is 0 Å². The summed E-state index contributed by atoms with van der Waals surface area (Å²) in [6, 6.07) is -0.496. The lowest BCUT2D eigenvalue weighted by Gasteiger charge is -2.24. The molecule has 5 nitrogen and oxygen atoms in total. The molecule has 0 heterocycles. The monoisotopic (exact) mass is 244 g/mol. The fourth-order valence-electron chi connectivity index (χ4n) is 1.67. The maximum absolute atomic E-state index is 11.9. The van der Waals surface area contributed by atoms with Crippen LogP contribution in [0.3, 0.4) is 0 Å². The number of ether oxygens (including phenoxy) is 1. The zero-order valence-electron chi connectivity index (χ0n) is 11.4. The third-order valence-corrected chi connectivity index (χ3v) is 2.57. The summed E-state index contributed by atoms with van der Waals surface area (Å²) in [5, 5.41) is 0. The van der Waals surface area contributed by atoms with Gasteiger partial charge in [0.2, 0.25) is 5.91 Å². The van der Waals surface area contributed by atoms with E-state index in [0.717, 1.165) is 0 Å². The van der Waals surface area contributed by atoms with Crippen LogP contribution in [0.2, 0.25) is 0 Å². The van der Waals surface area contributed by atoms with Gasteiger partial charge in [-0.1, -0.05) is 20.8 Å². The molecule has 0 saturated carbocycles. The van der Waals surface area contributed by atoms with Crippen LogP contribution in [0.5, 0.6) is 0 Å². The van der Waals surface area contributed by atoms with Gasteiger partial charge >= 0.3 is 5.97 Å². The molecule has 0 aliphatic rings. The second-order valence-electron chi connectivity index (χ2n) is 4.88. The van der Waals surface area contributed by atoms with Gasteiger partial charge < -0.3 is 15.4 Å². The van der Waals surface area contributed by atoms with Crippen LogP contribution in [-0.4, -0.2) is 43.5 Å². The van der Waals surface area contributed by atoms with E-state index in [1.165, 1.54) is 12.0 Å². The number of hydrogen-bond acceptors (Lipinski definition) is 4. The van der Waals surface area contributed by atoms with E-state index in [4.69, 9.17) is 5.73 Å². The Balaban J connectivity index is 4.26. The molecule has 0 aromatic heterocycles. The first-order valence-corrected chi connectivity index (χ1v) is 5.88. The maximum Gasteiger partial charge on any atom is 0.310 e. The number of nitrogens with zero attached hydrogens (tertiary/aromatic N) is 1. The quantitative estimate of drug-likeness (QED) is 0.695. The van der Waals surface area contributed by atoms with Crippen molar-refractivity contribution in [2.45, 2.75) is 33.2 Å². The van der Waals surface area contributed by atoms with Crippen LogP contribution in [0.25, 0.3) is 0 Å². The van der Waals surface area contributed by atoms with Crippen molar-refractivity contribution in [1.29, 1.82) is 0 Å². The largest absolute Gasteiger partial charge is 0.469 e. The number of hydrogen-bond donors (Lipinski definition) is 1. The molecule has 0 aromatic carbocycles. The van der Waals surface area contributed by atoms with Crippen molar-refractivity contribution in [2.24, 2.45) is 17.6 Å². The standard InChI is InChI=1S/C12H24N2O3/c1-8(2)6-10(13)11(15)14(4)7-9(3)12(16)17-5/h8-10H,6-7,13H2,1-5H3/t9?,10-/m1/s1. The molecule has 1 unspecified atom stereocenters. The molecule has 5 heteroatoms. The van der Waals surface area contributed by atoms with E-state index < -0.39 is 6.04 Å². The lowest BCUT2D eigenvalue weighted by Crippen LogP contribution is -2.44. The Morgan fingerprint density at radius 2 is 1.82 bits per heavy atom. The minimum Gasteiger partial charge on any atom is -0.469 e. The van der Waals surface area contributed by atoms with Gasteiger partial charge in [0.15, 0.2) is 0 Å². The van der Waals surface area contributed by atoms with Crippen molar-refractivity contribution >= 4 is 11.9 Å². The van der Waals surface area contributed by atoms with Gasteiger partial charge in [0.1, 0.15) is 0 Å². The Morgan fingerprint density at radius 1 is 1.29 bits per heavy atom. The van der Waals surface area contributed by atoms with E-state index >= 15 is 0 Å². The van der Waals surface area contributed by atoms with E-state index in [1.54, 1.807) is 14.0 Å². The molecule has 0 aliphatic carbocycles. The summed E-state index contributed by atoms with van der Waals surface area (Å²) in [7, 11) is 2.99. The van der Waals surface area contributed by atoms with Gasteiger partial charge in [-0.05, 0) is 12.3 Å². The topological polar surface area (TPSA) is 72.6 Å². The van der Waals surface area contributed by atoms with Crippen LogP contribution >= 0.6 is 0 Å². The molecule has 0 fully saturated rings. The fraction of sp³-hybridized carbons (Fsp3) is 0.833. The lowest BCUT2D eigenvalue weighted by molar-refractivity contribution is -0.146. The first-order valence-electron chi connectivity index (χ1n) is 5.88. The summed E-state index contributed by atoms with van der Waals surface area (Å²) in [6.07, 6.45) is 0.649. The molecule has 0 spiro atoms. The van der Waals surface area contributed by atoms with Crippen LogP contribution in [0, 0.1) is 11.8 Å². The summed E-state index contributed by atoms with van der Waals surface area (Å²) >= 11 is 0. The Kier molecular flexibility index (Phi) is 6.80. The first kappa shape index (κ1) is 15.9. The van der Waals surface area contributed by atoms with E-state index in [9.17, 15) is 9.59 Å². The highest BCUT2D eigenvalue weighted by atomic mass is 16.5. The third kappa shape index (κ3) is 5.68. The summed E-state index contributed by atoms with van der Waals surface area (Å²) in [6.45, 7) is 6.09. The molecule has 1 amide bonds. The van der Waals surface area contributed by atoms with Gasteiger partial charge in [0.25, 0.3) is 0 Å². The Labute approximate surface area is 103 Å². The molecule has 0 radical (unpaired) electrons. The molecule has 0 saturated heterocycles. The highest BCUT2D eigenvalue weighted by molar-refractivity contribution is 5.82. The Morgan fingerprint density at radius 3 is 2.24 bits per heavy atom. The summed E-state index contributed by atoms with van der Waals surface area (Å²) in [5.41, 5.74) is 5.80. The van der Waals surface area contributed by atoms with E-state index in [0.29, 0.717) is 18.9 Å². The molecular formula is C12H24N2O3. The maximum atomic E-state index is 11.9. The minimum atomic E-state index is -0.496. The number of amides is 1. The van der Waals surface area contributed by atoms with Gasteiger partial charge in [0.05, 0.1) is 19.1 Å². The summed E-state index contributed by atoms with van der Waals surface area (Å²) < 4.78 is 4.61. The number of nitrogens with two attached hydrogens (primary N) is 1. The molecule has 100 valence electrons. The molecule has 17 heavy (non-hydrogen) atoms. The summed E-state index contributed by atoms with van der Waals surface area (Å²) in [5.74, 6) is -0.405. The average molecular weight is 244 g/mol. The van der Waals surface area contributed by atoms with Crippen molar-refractivity contribution in [3.63, 3.8) is 0 Å². The van der Waals surface area contributed by atoms with Crippen LogP contribution < -0.4 is 5.73 Å². The fourth-order valence-corrected chi connectivity index (χ4v) is 1.67. The molecule has 2 N–H and O–H groups in total. The molecule has 2 atom stereocenters. The Hall–Kier alpha value is -1.10. The van der Waals surface area contributed by atoms with Crippen LogP contribution in [-0.2, 0) is 14.3 Å². The first-order chi connectivity index (χ1) is 7.79. The van der Waals surface area contributed by atoms with Gasteiger partial charge in [-0.3, -0.25) is 9.59 Å². The average Bonchev–Trinajstić information content (AvgIpc) is 2.25. The van der Waals surface area contributed by atoms with Crippen LogP contribution in [0.4, 0.5) is 0 Å². The second-order valence-corrected chi connectivity index (χ2v) is 4.88. The molecular weight excluding hydrogens is 220 g/mol. The van der Waals surface area contributed by atoms with Crippen molar-refractivity contribution in [1.82, 2.24) is 4.90 Å². The number of carbonyl (C=O) groups is 2. The van der Waals surface area contributed by atoms with E-state index in [2.05, 4.69) is 4.74 Å². The SMILES string of the molecule is COC(=O)C(C)CN(C)C(=O)[C@H](N)CC(C)C. The predicted molar refractivity (Wildman–Crippen MR) is 66.2 cm³/mol. The number of carbonyl (C=O) groups excluding carboxylic acids is 2. The zero-order valence-corrected chi connectivity index (χ0v) is 11.4. The third-order valence-electron chi connectivity index (χ3n) is 2.57. The second kappa shape index (κ2) is 7.27. The molecule has 0 aliphatic heterocycles.